The van der Waals surface area contributed by atoms with Crippen LogP contribution in [-0.2, 0) is 0 Å². The van der Waals surface area contributed by atoms with Gasteiger partial charge in [-0.25, -0.2) is 0 Å². The van der Waals surface area contributed by atoms with Gasteiger partial charge in [0.2, 0.25) is 0 Å². The molecule has 0 unspecified atom stereocenters. The molecule has 1 heteroatoms. The lowest BCUT2D eigenvalue weighted by molar-refractivity contribution is 1.41. The molecule has 0 bridgehead atoms. The maximum atomic E-state index is 3.82. The van der Waals surface area contributed by atoms with E-state index in [0.717, 1.165) is 5.69 Å². The monoisotopic (exact) mass is 255 g/mol. The predicted octanol–water partition coefficient (Wildman–Crippen LogP) is 7.07. The van der Waals surface area contributed by atoms with Gasteiger partial charge in [-0.3, -0.25) is 4.99 Å². The highest BCUT2D eigenvalue weighted by molar-refractivity contribution is 5.50. The van der Waals surface area contributed by atoms with Crippen LogP contribution in [0.15, 0.2) is 29.3 Å². The molecule has 0 saturated carbocycles. The molecule has 0 aliphatic heterocycles. The highest BCUT2D eigenvalue weighted by Gasteiger charge is 1.88. The zero-order valence-electron chi connectivity index (χ0n) is 13.5. The number of aliphatic imine (C=N–C) groups is 1. The topological polar surface area (TPSA) is 12.4 Å². The number of aryl methyl sites for hydroxylation is 1. The molecule has 0 atom stereocenters. The third-order valence-corrected chi connectivity index (χ3v) is 1.29. The molecule has 0 N–H and O–H groups in total. The van der Waals surface area contributed by atoms with Crippen LogP contribution < -0.4 is 0 Å². The van der Waals surface area contributed by atoms with Crippen LogP contribution in [0.25, 0.3) is 0 Å². The van der Waals surface area contributed by atoms with E-state index in [1.54, 1.807) is 0 Å². The van der Waals surface area contributed by atoms with Crippen molar-refractivity contribution in [1.82, 2.24) is 0 Å². The minimum absolute atomic E-state index is 0. The Morgan fingerprint density at radius 3 is 1.33 bits per heavy atom. The summed E-state index contributed by atoms with van der Waals surface area (Å²) in [6.45, 7) is 21.5. The summed E-state index contributed by atoms with van der Waals surface area (Å²) in [4.78, 5) is 3.82. The SMILES string of the molecule is C.C=Nc1ccccc1C.CC.CC.CC.CC. The summed E-state index contributed by atoms with van der Waals surface area (Å²) >= 11 is 0. The summed E-state index contributed by atoms with van der Waals surface area (Å²) in [6.07, 6.45) is 0. The van der Waals surface area contributed by atoms with E-state index in [1.165, 1.54) is 5.56 Å². The van der Waals surface area contributed by atoms with E-state index in [0.29, 0.717) is 0 Å². The molecule has 1 nitrogen and oxygen atoms in total. The van der Waals surface area contributed by atoms with Gasteiger partial charge in [0.05, 0.1) is 5.69 Å². The van der Waals surface area contributed by atoms with Crippen LogP contribution in [0.1, 0.15) is 68.4 Å². The molecule has 110 valence electrons. The van der Waals surface area contributed by atoms with Crippen LogP contribution in [0.2, 0.25) is 0 Å². The molecule has 0 spiro atoms. The van der Waals surface area contributed by atoms with Crippen LogP contribution in [0.5, 0.6) is 0 Å². The minimum atomic E-state index is 0. The Morgan fingerprint density at radius 1 is 0.778 bits per heavy atom. The van der Waals surface area contributed by atoms with Crippen LogP contribution in [-0.4, -0.2) is 6.72 Å². The van der Waals surface area contributed by atoms with E-state index >= 15 is 0 Å². The fourth-order valence-electron chi connectivity index (χ4n) is 0.741. The zero-order valence-corrected chi connectivity index (χ0v) is 13.5. The molecule has 0 aromatic heterocycles. The van der Waals surface area contributed by atoms with Crippen molar-refractivity contribution < 1.29 is 0 Å². The first-order chi connectivity index (χ1) is 8.34. The van der Waals surface area contributed by atoms with E-state index in [9.17, 15) is 0 Å². The Bertz CT molecular complexity index is 217. The van der Waals surface area contributed by atoms with Crippen molar-refractivity contribution in [2.24, 2.45) is 4.99 Å². The summed E-state index contributed by atoms with van der Waals surface area (Å²) in [5.41, 5.74) is 2.14. The van der Waals surface area contributed by atoms with Crippen molar-refractivity contribution in [1.29, 1.82) is 0 Å². The van der Waals surface area contributed by atoms with Crippen molar-refractivity contribution in [3.05, 3.63) is 29.8 Å². The standard InChI is InChI=1S/C8H9N.4C2H6.CH4/c1-7-5-3-4-6-8(7)9-2;4*1-2;/h3-6H,2H2,1H3;4*1-2H3;1H4. The van der Waals surface area contributed by atoms with E-state index < -0.39 is 0 Å². The molecule has 18 heavy (non-hydrogen) atoms. The van der Waals surface area contributed by atoms with Crippen LogP contribution >= 0.6 is 0 Å². The van der Waals surface area contributed by atoms with E-state index in [2.05, 4.69) is 11.7 Å². The second kappa shape index (κ2) is 36.0. The first kappa shape index (κ1) is 30.2. The minimum Gasteiger partial charge on any atom is -0.264 e. The average Bonchev–Trinajstić information content (AvgIpc) is 2.48. The summed E-state index contributed by atoms with van der Waals surface area (Å²) in [7, 11) is 0. The van der Waals surface area contributed by atoms with Gasteiger partial charge in [-0.1, -0.05) is 81.0 Å². The smallest absolute Gasteiger partial charge is 0.0651 e. The largest absolute Gasteiger partial charge is 0.264 e. The molecule has 1 aromatic rings. The second-order valence-electron chi connectivity index (χ2n) is 1.94. The van der Waals surface area contributed by atoms with Crippen molar-refractivity contribution in [3.8, 4) is 0 Å². The molecule has 0 aliphatic carbocycles. The first-order valence-corrected chi connectivity index (χ1v) is 6.87. The van der Waals surface area contributed by atoms with Crippen LogP contribution in [0.4, 0.5) is 5.69 Å². The fourth-order valence-corrected chi connectivity index (χ4v) is 0.741. The number of hydrogen-bond donors (Lipinski definition) is 0. The quantitative estimate of drug-likeness (QED) is 0.476. The zero-order chi connectivity index (χ0) is 14.7. The normalized spacial score (nSPS) is 5.83. The van der Waals surface area contributed by atoms with Gasteiger partial charge < -0.3 is 0 Å². The van der Waals surface area contributed by atoms with Gasteiger partial charge in [0.25, 0.3) is 0 Å². The predicted molar refractivity (Wildman–Crippen MR) is 92.5 cm³/mol. The Morgan fingerprint density at radius 2 is 1.11 bits per heavy atom. The molecular weight excluding hydrogens is 218 g/mol. The molecule has 1 aromatic carbocycles. The maximum absolute atomic E-state index is 3.82. The van der Waals surface area contributed by atoms with E-state index in [1.807, 2.05) is 86.6 Å². The van der Waals surface area contributed by atoms with E-state index in [-0.39, 0.29) is 7.43 Å². The lowest BCUT2D eigenvalue weighted by atomic mass is 10.2. The number of rotatable bonds is 1. The molecule has 0 aliphatic rings. The average molecular weight is 255 g/mol. The molecule has 0 amide bonds. The van der Waals surface area contributed by atoms with Crippen LogP contribution in [0, 0.1) is 6.92 Å². The van der Waals surface area contributed by atoms with Gasteiger partial charge in [-0.05, 0) is 25.3 Å². The van der Waals surface area contributed by atoms with Gasteiger partial charge in [0.15, 0.2) is 0 Å². The lowest BCUT2D eigenvalue weighted by Crippen LogP contribution is -1.69. The highest BCUT2D eigenvalue weighted by Crippen LogP contribution is 2.15. The van der Waals surface area contributed by atoms with Gasteiger partial charge in [0.1, 0.15) is 0 Å². The van der Waals surface area contributed by atoms with Gasteiger partial charge in [-0.2, -0.15) is 0 Å². The molecule has 0 heterocycles. The molecule has 1 rings (SSSR count). The first-order valence-electron chi connectivity index (χ1n) is 6.87. The number of para-hydroxylation sites is 1. The van der Waals surface area contributed by atoms with Crippen molar-refractivity contribution in [2.75, 3.05) is 0 Å². The summed E-state index contributed by atoms with van der Waals surface area (Å²) < 4.78 is 0. The summed E-state index contributed by atoms with van der Waals surface area (Å²) in [5.74, 6) is 0. The molecule has 0 fully saturated rings. The summed E-state index contributed by atoms with van der Waals surface area (Å²) in [5, 5.41) is 0. The number of benzene rings is 1. The van der Waals surface area contributed by atoms with Crippen molar-refractivity contribution >= 4 is 12.4 Å². The van der Waals surface area contributed by atoms with Crippen LogP contribution in [0.3, 0.4) is 0 Å². The van der Waals surface area contributed by atoms with Crippen molar-refractivity contribution in [3.63, 3.8) is 0 Å². The maximum Gasteiger partial charge on any atom is 0.0651 e. The van der Waals surface area contributed by atoms with Crippen molar-refractivity contribution in [2.45, 2.75) is 69.7 Å². The Hall–Kier alpha value is -1.11. The molecule has 0 radical (unpaired) electrons. The van der Waals surface area contributed by atoms with Gasteiger partial charge >= 0.3 is 0 Å². The molecule has 0 saturated heterocycles. The number of hydrogen-bond acceptors (Lipinski definition) is 1. The third kappa shape index (κ3) is 20.3. The Balaban J connectivity index is -0.0000000542. The Labute approximate surface area is 117 Å². The summed E-state index contributed by atoms with van der Waals surface area (Å²) in [6, 6.07) is 7.91. The fraction of sp³-hybridized carbons (Fsp3) is 0.588. The van der Waals surface area contributed by atoms with Gasteiger partial charge in [0, 0.05) is 0 Å². The Kier molecular flexibility index (Phi) is 60.4. The second-order valence-corrected chi connectivity index (χ2v) is 1.94. The highest BCUT2D eigenvalue weighted by atomic mass is 14.7. The molecular formula is C17H37N. The number of nitrogens with zero attached hydrogens (tertiary/aromatic N) is 1. The van der Waals surface area contributed by atoms with Gasteiger partial charge in [-0.15, -0.1) is 0 Å². The van der Waals surface area contributed by atoms with E-state index in [4.69, 9.17) is 0 Å². The lowest BCUT2D eigenvalue weighted by Gasteiger charge is -1.94. The third-order valence-electron chi connectivity index (χ3n) is 1.29.